The van der Waals surface area contributed by atoms with Crippen molar-refractivity contribution in [3.63, 3.8) is 0 Å². The lowest BCUT2D eigenvalue weighted by molar-refractivity contribution is 1.13. The Labute approximate surface area is 76.3 Å². The lowest BCUT2D eigenvalue weighted by Crippen LogP contribution is -1.81. The van der Waals surface area contributed by atoms with E-state index in [1.165, 1.54) is 0 Å². The molecule has 0 bridgehead atoms. The second kappa shape index (κ2) is 4.16. The monoisotopic (exact) mass is 191 g/mol. The fraction of sp³-hybridized carbons (Fsp3) is 0. The van der Waals surface area contributed by atoms with E-state index in [0.29, 0.717) is 0 Å². The molecule has 2 aromatic heterocycles. The highest BCUT2D eigenvalue weighted by Crippen LogP contribution is 1.93. The molecule has 0 fully saturated rings. The van der Waals surface area contributed by atoms with Crippen molar-refractivity contribution in [3.8, 4) is 0 Å². The van der Waals surface area contributed by atoms with E-state index < -0.39 is 0 Å². The van der Waals surface area contributed by atoms with Gasteiger partial charge >= 0.3 is 0 Å². The van der Waals surface area contributed by atoms with Crippen LogP contribution in [0.2, 0.25) is 0 Å². The van der Waals surface area contributed by atoms with Crippen molar-refractivity contribution in [2.75, 3.05) is 0 Å². The molecule has 0 aliphatic carbocycles. The summed E-state index contributed by atoms with van der Waals surface area (Å²) in [5, 5.41) is 0. The van der Waals surface area contributed by atoms with Crippen molar-refractivity contribution in [1.29, 1.82) is 0 Å². The largest absolute Gasteiger partial charge is 0.304 e. The molecule has 0 N–H and O–H groups in total. The van der Waals surface area contributed by atoms with E-state index in [1.807, 2.05) is 16.8 Å². The highest BCUT2D eigenvalue weighted by molar-refractivity contribution is 5.85. The molecule has 11 heavy (non-hydrogen) atoms. The summed E-state index contributed by atoms with van der Waals surface area (Å²) in [4.78, 5) is 7.92. The van der Waals surface area contributed by atoms with Crippen LogP contribution in [0.5, 0.6) is 0 Å². The Morgan fingerprint density at radius 1 is 1.09 bits per heavy atom. The number of hydrogen-bond acceptors (Lipinski definition) is 2. The Morgan fingerprint density at radius 2 is 1.82 bits per heavy atom. The summed E-state index contributed by atoms with van der Waals surface area (Å²) in [5.74, 6) is 0. The molecule has 0 aliphatic heterocycles. The van der Waals surface area contributed by atoms with Crippen LogP contribution in [0, 0.1) is 0 Å². The SMILES string of the molecule is Cl.Cl.c1cn2ccnc2cn1. The molecule has 2 aromatic rings. The van der Waals surface area contributed by atoms with Gasteiger partial charge in [-0.1, -0.05) is 0 Å². The lowest BCUT2D eigenvalue weighted by atomic mass is 10.7. The molecule has 2 heterocycles. The molecule has 0 aromatic carbocycles. The zero-order valence-electron chi connectivity index (χ0n) is 5.54. The average molecular weight is 192 g/mol. The summed E-state index contributed by atoms with van der Waals surface area (Å²) in [6.07, 6.45) is 8.95. The predicted molar refractivity (Wildman–Crippen MR) is 47.5 cm³/mol. The highest BCUT2D eigenvalue weighted by atomic mass is 35.5. The van der Waals surface area contributed by atoms with Crippen LogP contribution in [0.1, 0.15) is 0 Å². The molecule has 0 spiro atoms. The van der Waals surface area contributed by atoms with Crippen LogP contribution in [0.3, 0.4) is 0 Å². The van der Waals surface area contributed by atoms with E-state index in [2.05, 4.69) is 9.97 Å². The number of imidazole rings is 1. The van der Waals surface area contributed by atoms with Gasteiger partial charge in [-0.2, -0.15) is 0 Å². The zero-order chi connectivity index (χ0) is 6.10. The third-order valence-corrected chi connectivity index (χ3v) is 1.20. The lowest BCUT2D eigenvalue weighted by Gasteiger charge is -1.86. The van der Waals surface area contributed by atoms with Crippen molar-refractivity contribution >= 4 is 30.5 Å². The number of aromatic nitrogens is 3. The first-order chi connectivity index (χ1) is 4.47. The fourth-order valence-electron chi connectivity index (χ4n) is 0.771. The quantitative estimate of drug-likeness (QED) is 0.634. The number of rotatable bonds is 0. The molecular weight excluding hydrogens is 185 g/mol. The number of hydrogen-bond donors (Lipinski definition) is 0. The van der Waals surface area contributed by atoms with E-state index >= 15 is 0 Å². The van der Waals surface area contributed by atoms with Crippen LogP contribution in [-0.4, -0.2) is 14.4 Å². The smallest absolute Gasteiger partial charge is 0.155 e. The summed E-state index contributed by atoms with van der Waals surface area (Å²) in [7, 11) is 0. The Morgan fingerprint density at radius 3 is 2.55 bits per heavy atom. The summed E-state index contributed by atoms with van der Waals surface area (Å²) >= 11 is 0. The van der Waals surface area contributed by atoms with Gasteiger partial charge in [-0.25, -0.2) is 4.98 Å². The normalized spacial score (nSPS) is 8.36. The van der Waals surface area contributed by atoms with Gasteiger partial charge < -0.3 is 4.40 Å². The highest BCUT2D eigenvalue weighted by Gasteiger charge is 1.86. The van der Waals surface area contributed by atoms with Gasteiger partial charge in [-0.15, -0.1) is 24.8 Å². The summed E-state index contributed by atoms with van der Waals surface area (Å²) in [6.45, 7) is 0. The maximum atomic E-state index is 4.02. The Bertz CT molecular complexity index is 290. The van der Waals surface area contributed by atoms with Gasteiger partial charge in [0.05, 0.1) is 6.20 Å². The number of halogens is 2. The first-order valence-electron chi connectivity index (χ1n) is 2.69. The molecule has 3 nitrogen and oxygen atoms in total. The van der Waals surface area contributed by atoms with Crippen molar-refractivity contribution in [3.05, 3.63) is 31.0 Å². The minimum absolute atomic E-state index is 0. The third kappa shape index (κ3) is 1.82. The summed E-state index contributed by atoms with van der Waals surface area (Å²) in [6, 6.07) is 0. The van der Waals surface area contributed by atoms with Gasteiger partial charge in [0.1, 0.15) is 0 Å². The van der Waals surface area contributed by atoms with Gasteiger partial charge in [0.2, 0.25) is 0 Å². The van der Waals surface area contributed by atoms with Crippen molar-refractivity contribution in [1.82, 2.24) is 14.4 Å². The average Bonchev–Trinajstić information content (AvgIpc) is 2.33. The van der Waals surface area contributed by atoms with E-state index in [9.17, 15) is 0 Å². The number of fused-ring (bicyclic) bond motifs is 1. The van der Waals surface area contributed by atoms with Gasteiger partial charge in [0.25, 0.3) is 0 Å². The van der Waals surface area contributed by atoms with Crippen molar-refractivity contribution in [2.45, 2.75) is 0 Å². The second-order valence-electron chi connectivity index (χ2n) is 1.77. The van der Waals surface area contributed by atoms with E-state index in [0.717, 1.165) is 5.65 Å². The molecule has 5 heteroatoms. The summed E-state index contributed by atoms with van der Waals surface area (Å²) in [5.41, 5.74) is 0.887. The van der Waals surface area contributed by atoms with Crippen LogP contribution in [-0.2, 0) is 0 Å². The molecule has 0 amide bonds. The van der Waals surface area contributed by atoms with Gasteiger partial charge in [0, 0.05) is 24.8 Å². The number of nitrogens with zero attached hydrogens (tertiary/aromatic N) is 3. The molecule has 0 saturated heterocycles. The van der Waals surface area contributed by atoms with Gasteiger partial charge in [-0.05, 0) is 0 Å². The van der Waals surface area contributed by atoms with Crippen LogP contribution in [0.25, 0.3) is 5.65 Å². The first-order valence-corrected chi connectivity index (χ1v) is 2.69. The van der Waals surface area contributed by atoms with Crippen LogP contribution in [0.15, 0.2) is 31.0 Å². The fourth-order valence-corrected chi connectivity index (χ4v) is 0.771. The molecule has 0 aliphatic rings. The molecule has 0 atom stereocenters. The van der Waals surface area contributed by atoms with Crippen molar-refractivity contribution in [2.24, 2.45) is 0 Å². The predicted octanol–water partition coefficient (Wildman–Crippen LogP) is 1.57. The zero-order valence-corrected chi connectivity index (χ0v) is 7.18. The first kappa shape index (κ1) is 10.2. The van der Waals surface area contributed by atoms with Gasteiger partial charge in [-0.3, -0.25) is 4.98 Å². The molecular formula is C6H7Cl2N3. The second-order valence-corrected chi connectivity index (χ2v) is 1.77. The van der Waals surface area contributed by atoms with Crippen LogP contribution in [0.4, 0.5) is 0 Å². The maximum Gasteiger partial charge on any atom is 0.155 e. The summed E-state index contributed by atoms with van der Waals surface area (Å²) < 4.78 is 1.91. The molecule has 2 rings (SSSR count). The molecule has 0 unspecified atom stereocenters. The molecule has 60 valence electrons. The van der Waals surface area contributed by atoms with E-state index in [1.54, 1.807) is 18.6 Å². The molecule has 0 saturated carbocycles. The van der Waals surface area contributed by atoms with Gasteiger partial charge in [0.15, 0.2) is 5.65 Å². The van der Waals surface area contributed by atoms with Crippen LogP contribution >= 0.6 is 24.8 Å². The minimum Gasteiger partial charge on any atom is -0.304 e. The van der Waals surface area contributed by atoms with Crippen LogP contribution < -0.4 is 0 Å². The minimum atomic E-state index is 0. The maximum absolute atomic E-state index is 4.02. The Balaban J connectivity index is 0.000000500. The van der Waals surface area contributed by atoms with E-state index in [-0.39, 0.29) is 24.8 Å². The van der Waals surface area contributed by atoms with Crippen molar-refractivity contribution < 1.29 is 0 Å². The topological polar surface area (TPSA) is 30.2 Å². The Kier molecular flexibility index (Phi) is 3.85. The Hall–Kier alpha value is -0.800. The van der Waals surface area contributed by atoms with E-state index in [4.69, 9.17) is 0 Å². The third-order valence-electron chi connectivity index (χ3n) is 1.20. The standard InChI is InChI=1S/C6H5N3.2ClH/c1-3-9-4-2-8-6(9)5-7-1;;/h1-5H;2*1H. The molecule has 0 radical (unpaired) electrons.